The number of nitrogens with zero attached hydrogens (tertiary/aromatic N) is 1. The Balaban J connectivity index is 2.05. The fourth-order valence-corrected chi connectivity index (χ4v) is 2.36. The summed E-state index contributed by atoms with van der Waals surface area (Å²) in [4.78, 5) is 2.46. The van der Waals surface area contributed by atoms with Crippen LogP contribution < -0.4 is 0 Å². The van der Waals surface area contributed by atoms with Crippen molar-refractivity contribution in [3.63, 3.8) is 0 Å². The van der Waals surface area contributed by atoms with Crippen LogP contribution in [0.3, 0.4) is 0 Å². The molecule has 0 bridgehead atoms. The van der Waals surface area contributed by atoms with E-state index >= 15 is 0 Å². The number of hydrogen-bond acceptors (Lipinski definition) is 3. The second-order valence-electron chi connectivity index (χ2n) is 5.46. The third kappa shape index (κ3) is 3.10. The van der Waals surface area contributed by atoms with E-state index in [-0.39, 0.29) is 11.6 Å². The van der Waals surface area contributed by atoms with Gasteiger partial charge in [0.25, 0.3) is 0 Å². The van der Waals surface area contributed by atoms with Gasteiger partial charge < -0.3 is 9.47 Å². The van der Waals surface area contributed by atoms with E-state index in [4.69, 9.17) is 9.47 Å². The first-order valence-corrected chi connectivity index (χ1v) is 6.54. The highest BCUT2D eigenvalue weighted by molar-refractivity contribution is 5.18. The van der Waals surface area contributed by atoms with Crippen LogP contribution in [0.2, 0.25) is 0 Å². The Morgan fingerprint density at radius 3 is 2.72 bits per heavy atom. The van der Waals surface area contributed by atoms with Gasteiger partial charge in [0.1, 0.15) is 0 Å². The van der Waals surface area contributed by atoms with E-state index in [0.29, 0.717) is 0 Å². The molecule has 0 spiro atoms. The van der Waals surface area contributed by atoms with Crippen LogP contribution >= 0.6 is 0 Å². The average Bonchev–Trinajstić information content (AvgIpc) is 2.38. The van der Waals surface area contributed by atoms with Gasteiger partial charge in [-0.3, -0.25) is 4.90 Å². The van der Waals surface area contributed by atoms with Crippen molar-refractivity contribution in [1.82, 2.24) is 4.90 Å². The number of ether oxygens (including phenoxy) is 2. The lowest BCUT2D eigenvalue weighted by molar-refractivity contribution is -0.105. The standard InChI is InChI=1S/C15H23NO2/c1-15(2)12-18-14(11-16(15)9-10-17-3)13-7-5-4-6-8-13/h4-8,14H,9-12H2,1-3H3/t14-/m1/s1. The van der Waals surface area contributed by atoms with Gasteiger partial charge >= 0.3 is 0 Å². The van der Waals surface area contributed by atoms with Gasteiger partial charge in [-0.2, -0.15) is 0 Å². The second-order valence-corrected chi connectivity index (χ2v) is 5.46. The molecule has 0 amide bonds. The lowest BCUT2D eigenvalue weighted by Gasteiger charge is -2.45. The summed E-state index contributed by atoms with van der Waals surface area (Å²) >= 11 is 0. The van der Waals surface area contributed by atoms with Crippen LogP contribution in [-0.2, 0) is 9.47 Å². The Morgan fingerprint density at radius 1 is 1.33 bits per heavy atom. The Bertz CT molecular complexity index is 364. The first kappa shape index (κ1) is 13.5. The van der Waals surface area contributed by atoms with E-state index in [1.807, 2.05) is 6.07 Å². The van der Waals surface area contributed by atoms with Gasteiger partial charge in [0.15, 0.2) is 0 Å². The third-order valence-electron chi connectivity index (χ3n) is 3.62. The first-order valence-electron chi connectivity index (χ1n) is 6.54. The molecule has 1 saturated heterocycles. The van der Waals surface area contributed by atoms with Crippen LogP contribution in [-0.4, -0.2) is 43.9 Å². The lowest BCUT2D eigenvalue weighted by atomic mass is 9.98. The van der Waals surface area contributed by atoms with Crippen molar-refractivity contribution in [2.24, 2.45) is 0 Å². The molecular weight excluding hydrogens is 226 g/mol. The number of rotatable bonds is 4. The van der Waals surface area contributed by atoms with Crippen LogP contribution in [0.15, 0.2) is 30.3 Å². The van der Waals surface area contributed by atoms with Gasteiger partial charge in [-0.15, -0.1) is 0 Å². The monoisotopic (exact) mass is 249 g/mol. The number of methoxy groups -OCH3 is 1. The van der Waals surface area contributed by atoms with Crippen LogP contribution in [0.1, 0.15) is 25.5 Å². The SMILES string of the molecule is COCCN1C[C@H](c2ccccc2)OCC1(C)C. The zero-order valence-electron chi connectivity index (χ0n) is 11.6. The molecule has 1 atom stereocenters. The number of hydrogen-bond donors (Lipinski definition) is 0. The largest absolute Gasteiger partial charge is 0.383 e. The van der Waals surface area contributed by atoms with Crippen molar-refractivity contribution in [2.45, 2.75) is 25.5 Å². The molecule has 1 aromatic rings. The van der Waals surface area contributed by atoms with Crippen LogP contribution in [0.4, 0.5) is 0 Å². The minimum Gasteiger partial charge on any atom is -0.383 e. The molecule has 3 heteroatoms. The zero-order valence-corrected chi connectivity index (χ0v) is 11.6. The molecule has 1 fully saturated rings. The topological polar surface area (TPSA) is 21.7 Å². The summed E-state index contributed by atoms with van der Waals surface area (Å²) in [5.74, 6) is 0. The summed E-state index contributed by atoms with van der Waals surface area (Å²) in [6.07, 6.45) is 0.177. The quantitative estimate of drug-likeness (QED) is 0.818. The van der Waals surface area contributed by atoms with Crippen molar-refractivity contribution < 1.29 is 9.47 Å². The highest BCUT2D eigenvalue weighted by atomic mass is 16.5. The molecule has 0 unspecified atom stereocenters. The summed E-state index contributed by atoms with van der Waals surface area (Å²) in [6.45, 7) is 7.87. The Kier molecular flexibility index (Phi) is 4.38. The van der Waals surface area contributed by atoms with E-state index in [1.54, 1.807) is 7.11 Å². The molecule has 1 aliphatic heterocycles. The van der Waals surface area contributed by atoms with Crippen molar-refractivity contribution >= 4 is 0 Å². The average molecular weight is 249 g/mol. The maximum atomic E-state index is 6.01. The van der Waals surface area contributed by atoms with Crippen LogP contribution in [0.5, 0.6) is 0 Å². The minimum atomic E-state index is 0.0871. The van der Waals surface area contributed by atoms with Crippen molar-refractivity contribution in [1.29, 1.82) is 0 Å². The van der Waals surface area contributed by atoms with Crippen molar-refractivity contribution in [2.75, 3.05) is 33.4 Å². The third-order valence-corrected chi connectivity index (χ3v) is 3.62. The summed E-state index contributed by atoms with van der Waals surface area (Å²) in [7, 11) is 1.75. The van der Waals surface area contributed by atoms with Crippen LogP contribution in [0.25, 0.3) is 0 Å². The highest BCUT2D eigenvalue weighted by Crippen LogP contribution is 2.29. The molecule has 1 aliphatic rings. The maximum Gasteiger partial charge on any atom is 0.0952 e. The van der Waals surface area contributed by atoms with E-state index in [0.717, 1.165) is 26.3 Å². The van der Waals surface area contributed by atoms with Gasteiger partial charge in [0, 0.05) is 25.7 Å². The molecule has 0 saturated carbocycles. The van der Waals surface area contributed by atoms with Crippen molar-refractivity contribution in [3.05, 3.63) is 35.9 Å². The highest BCUT2D eigenvalue weighted by Gasteiger charge is 2.35. The molecular formula is C15H23NO2. The van der Waals surface area contributed by atoms with E-state index in [2.05, 4.69) is 43.0 Å². The molecule has 1 heterocycles. The predicted octanol–water partition coefficient (Wildman–Crippen LogP) is 2.48. The molecule has 18 heavy (non-hydrogen) atoms. The summed E-state index contributed by atoms with van der Waals surface area (Å²) in [6, 6.07) is 10.4. The molecule has 3 nitrogen and oxygen atoms in total. The zero-order chi connectivity index (χ0) is 13.0. The molecule has 0 radical (unpaired) electrons. The summed E-state index contributed by atoms with van der Waals surface area (Å²) < 4.78 is 11.2. The molecule has 0 aromatic heterocycles. The Hall–Kier alpha value is -0.900. The van der Waals surface area contributed by atoms with Gasteiger partial charge in [0.2, 0.25) is 0 Å². The number of morpholine rings is 1. The molecule has 0 aliphatic carbocycles. The predicted molar refractivity (Wildman–Crippen MR) is 72.7 cm³/mol. The minimum absolute atomic E-state index is 0.0871. The fraction of sp³-hybridized carbons (Fsp3) is 0.600. The van der Waals surface area contributed by atoms with E-state index in [1.165, 1.54) is 5.56 Å². The number of benzene rings is 1. The smallest absolute Gasteiger partial charge is 0.0952 e. The van der Waals surface area contributed by atoms with Gasteiger partial charge in [0.05, 0.1) is 19.3 Å². The summed E-state index contributed by atoms with van der Waals surface area (Å²) in [5, 5.41) is 0. The lowest BCUT2D eigenvalue weighted by Crippen LogP contribution is -2.54. The fourth-order valence-electron chi connectivity index (χ4n) is 2.36. The molecule has 1 aromatic carbocycles. The Labute approximate surface area is 110 Å². The maximum absolute atomic E-state index is 6.01. The molecule has 100 valence electrons. The molecule has 2 rings (SSSR count). The summed E-state index contributed by atoms with van der Waals surface area (Å²) in [5.41, 5.74) is 1.35. The first-order chi connectivity index (χ1) is 8.63. The van der Waals surface area contributed by atoms with E-state index in [9.17, 15) is 0 Å². The van der Waals surface area contributed by atoms with E-state index < -0.39 is 0 Å². The van der Waals surface area contributed by atoms with Gasteiger partial charge in [-0.25, -0.2) is 0 Å². The van der Waals surface area contributed by atoms with Crippen molar-refractivity contribution in [3.8, 4) is 0 Å². The molecule has 0 N–H and O–H groups in total. The normalized spacial score (nSPS) is 24.1. The van der Waals surface area contributed by atoms with Gasteiger partial charge in [-0.05, 0) is 19.4 Å². The second kappa shape index (κ2) is 5.83. The van der Waals surface area contributed by atoms with Gasteiger partial charge in [-0.1, -0.05) is 30.3 Å². The van der Waals surface area contributed by atoms with Crippen LogP contribution in [0, 0.1) is 0 Å². The Morgan fingerprint density at radius 2 is 2.06 bits per heavy atom.